The Morgan fingerprint density at radius 3 is 3.14 bits per heavy atom. The number of carbonyl (C=O) groups is 1. The van der Waals surface area contributed by atoms with Crippen molar-refractivity contribution in [3.8, 4) is 0 Å². The van der Waals surface area contributed by atoms with Crippen LogP contribution in [0.1, 0.15) is 0 Å². The van der Waals surface area contributed by atoms with Gasteiger partial charge in [-0.25, -0.2) is 4.79 Å². The van der Waals surface area contributed by atoms with Gasteiger partial charge in [0.15, 0.2) is 5.82 Å². The van der Waals surface area contributed by atoms with Crippen molar-refractivity contribution in [3.05, 3.63) is 29.4 Å². The lowest BCUT2D eigenvalue weighted by Crippen LogP contribution is -2.52. The summed E-state index contributed by atoms with van der Waals surface area (Å²) in [6.07, 6.45) is 1.50. The Bertz CT molecular complexity index is 723. The minimum absolute atomic E-state index is 0.0932. The zero-order chi connectivity index (χ0) is 14.4. The predicted molar refractivity (Wildman–Crippen MR) is 78.6 cm³/mol. The fourth-order valence-electron chi connectivity index (χ4n) is 2.96. The fourth-order valence-corrected chi connectivity index (χ4v) is 3.14. The van der Waals surface area contributed by atoms with Crippen LogP contribution >= 0.6 is 11.6 Å². The molecule has 1 aromatic heterocycles. The maximum atomic E-state index is 11.5. The molecule has 7 heteroatoms. The number of piperazine rings is 1. The van der Waals surface area contributed by atoms with Crippen molar-refractivity contribution in [2.24, 2.45) is 0 Å². The number of hydrogen-bond acceptors (Lipinski definition) is 5. The molecule has 2 aromatic rings. The number of carbonyl (C=O) groups excluding carboxylic acids is 1. The van der Waals surface area contributed by atoms with E-state index in [9.17, 15) is 4.79 Å². The van der Waals surface area contributed by atoms with Gasteiger partial charge in [-0.2, -0.15) is 5.10 Å². The minimum Gasteiger partial charge on any atom is -0.447 e. The predicted octanol–water partition coefficient (Wildman–Crippen LogP) is 1.92. The standard InChI is InChI=1S/C14H13ClN4O2/c15-10-1-2-12-9(5-10)6-16-17-13(12)18-3-4-19-11(7-18)8-21-14(19)20/h1-2,5-6,11H,3-4,7-8H2/t11-/m1/s1. The number of anilines is 1. The molecule has 3 heterocycles. The van der Waals surface area contributed by atoms with Gasteiger partial charge in [0, 0.05) is 35.4 Å². The third-order valence-electron chi connectivity index (χ3n) is 4.02. The molecule has 0 aliphatic carbocycles. The average molecular weight is 305 g/mol. The maximum Gasteiger partial charge on any atom is 0.410 e. The number of rotatable bonds is 1. The van der Waals surface area contributed by atoms with Crippen molar-refractivity contribution in [3.63, 3.8) is 0 Å². The summed E-state index contributed by atoms with van der Waals surface area (Å²) < 4.78 is 5.09. The van der Waals surface area contributed by atoms with Gasteiger partial charge in [-0.15, -0.1) is 5.10 Å². The quantitative estimate of drug-likeness (QED) is 0.805. The Morgan fingerprint density at radius 1 is 1.33 bits per heavy atom. The number of amides is 1. The number of halogens is 1. The zero-order valence-electron chi connectivity index (χ0n) is 11.2. The highest BCUT2D eigenvalue weighted by Gasteiger charge is 2.38. The molecule has 0 saturated carbocycles. The third-order valence-corrected chi connectivity index (χ3v) is 4.25. The van der Waals surface area contributed by atoms with Crippen molar-refractivity contribution in [1.82, 2.24) is 15.1 Å². The van der Waals surface area contributed by atoms with E-state index >= 15 is 0 Å². The molecule has 108 valence electrons. The lowest BCUT2D eigenvalue weighted by atomic mass is 10.1. The van der Waals surface area contributed by atoms with E-state index < -0.39 is 0 Å². The van der Waals surface area contributed by atoms with Gasteiger partial charge in [0.2, 0.25) is 0 Å². The van der Waals surface area contributed by atoms with Crippen LogP contribution in [0.15, 0.2) is 24.4 Å². The topological polar surface area (TPSA) is 58.6 Å². The van der Waals surface area contributed by atoms with Gasteiger partial charge in [-0.05, 0) is 18.2 Å². The van der Waals surface area contributed by atoms with Crippen molar-refractivity contribution >= 4 is 34.3 Å². The van der Waals surface area contributed by atoms with Gasteiger partial charge in [0.1, 0.15) is 6.61 Å². The second-order valence-corrected chi connectivity index (χ2v) is 5.71. The maximum absolute atomic E-state index is 11.5. The van der Waals surface area contributed by atoms with Gasteiger partial charge in [0.05, 0.1) is 12.2 Å². The first kappa shape index (κ1) is 12.6. The zero-order valence-corrected chi connectivity index (χ0v) is 12.0. The summed E-state index contributed by atoms with van der Waals surface area (Å²) in [5, 5.41) is 11.0. The third kappa shape index (κ3) is 2.06. The fraction of sp³-hybridized carbons (Fsp3) is 0.357. The molecule has 21 heavy (non-hydrogen) atoms. The Hall–Kier alpha value is -2.08. The van der Waals surface area contributed by atoms with E-state index in [1.165, 1.54) is 0 Å². The number of nitrogens with zero attached hydrogens (tertiary/aromatic N) is 4. The van der Waals surface area contributed by atoms with Crippen LogP contribution in [0.5, 0.6) is 0 Å². The van der Waals surface area contributed by atoms with E-state index in [0.717, 1.165) is 23.1 Å². The van der Waals surface area contributed by atoms with Gasteiger partial charge in [-0.1, -0.05) is 11.6 Å². The Labute approximate surface area is 126 Å². The molecule has 0 N–H and O–H groups in total. The molecular weight excluding hydrogens is 292 g/mol. The molecule has 0 unspecified atom stereocenters. The number of hydrogen-bond donors (Lipinski definition) is 0. The van der Waals surface area contributed by atoms with Crippen LogP contribution in [0, 0.1) is 0 Å². The lowest BCUT2D eigenvalue weighted by Gasteiger charge is -2.36. The normalized spacial score (nSPS) is 21.6. The first-order valence-corrected chi connectivity index (χ1v) is 7.19. The highest BCUT2D eigenvalue weighted by Crippen LogP contribution is 2.28. The number of benzene rings is 1. The molecule has 1 amide bonds. The number of aromatic nitrogens is 2. The first-order valence-electron chi connectivity index (χ1n) is 6.82. The summed E-state index contributed by atoms with van der Waals surface area (Å²) in [6, 6.07) is 5.79. The first-order chi connectivity index (χ1) is 10.2. The van der Waals surface area contributed by atoms with Crippen LogP contribution in [0.25, 0.3) is 10.8 Å². The van der Waals surface area contributed by atoms with Crippen LogP contribution in [0.2, 0.25) is 5.02 Å². The highest BCUT2D eigenvalue weighted by molar-refractivity contribution is 6.31. The summed E-state index contributed by atoms with van der Waals surface area (Å²) >= 11 is 6.02. The lowest BCUT2D eigenvalue weighted by molar-refractivity contribution is 0.157. The smallest absolute Gasteiger partial charge is 0.410 e. The van der Waals surface area contributed by atoms with Crippen LogP contribution in [-0.4, -0.2) is 53.5 Å². The second kappa shape index (κ2) is 4.73. The van der Waals surface area contributed by atoms with E-state index in [2.05, 4.69) is 15.1 Å². The minimum atomic E-state index is -0.213. The molecular formula is C14H13ClN4O2. The second-order valence-electron chi connectivity index (χ2n) is 5.27. The Morgan fingerprint density at radius 2 is 2.24 bits per heavy atom. The summed E-state index contributed by atoms with van der Waals surface area (Å²) in [4.78, 5) is 15.5. The molecule has 0 spiro atoms. The molecule has 2 aliphatic rings. The molecule has 0 radical (unpaired) electrons. The number of fused-ring (bicyclic) bond motifs is 2. The van der Waals surface area contributed by atoms with Crippen LogP contribution in [0.3, 0.4) is 0 Å². The Kier molecular flexibility index (Phi) is 2.85. The molecule has 2 aliphatic heterocycles. The Balaban J connectivity index is 1.69. The van der Waals surface area contributed by atoms with E-state index in [1.54, 1.807) is 11.1 Å². The molecule has 4 rings (SSSR count). The summed E-state index contributed by atoms with van der Waals surface area (Å²) in [7, 11) is 0. The van der Waals surface area contributed by atoms with Crippen molar-refractivity contribution in [2.45, 2.75) is 6.04 Å². The van der Waals surface area contributed by atoms with Crippen molar-refractivity contribution in [2.75, 3.05) is 31.1 Å². The number of cyclic esters (lactones) is 1. The van der Waals surface area contributed by atoms with Crippen molar-refractivity contribution < 1.29 is 9.53 Å². The largest absolute Gasteiger partial charge is 0.447 e. The monoisotopic (exact) mass is 304 g/mol. The molecule has 6 nitrogen and oxygen atoms in total. The summed E-state index contributed by atoms with van der Waals surface area (Å²) in [5.74, 6) is 0.836. The van der Waals surface area contributed by atoms with E-state index in [-0.39, 0.29) is 12.1 Å². The highest BCUT2D eigenvalue weighted by atomic mass is 35.5. The van der Waals surface area contributed by atoms with E-state index in [1.807, 2.05) is 18.2 Å². The molecule has 2 saturated heterocycles. The molecule has 0 bridgehead atoms. The van der Waals surface area contributed by atoms with Crippen LogP contribution < -0.4 is 4.90 Å². The average Bonchev–Trinajstić information content (AvgIpc) is 2.87. The van der Waals surface area contributed by atoms with E-state index in [4.69, 9.17) is 16.3 Å². The summed E-state index contributed by atoms with van der Waals surface area (Å²) in [5.41, 5.74) is 0. The van der Waals surface area contributed by atoms with Gasteiger partial charge in [0.25, 0.3) is 0 Å². The number of ether oxygens (including phenoxy) is 1. The van der Waals surface area contributed by atoms with Crippen molar-refractivity contribution in [1.29, 1.82) is 0 Å². The molecule has 2 fully saturated rings. The van der Waals surface area contributed by atoms with Gasteiger partial charge in [-0.3, -0.25) is 4.90 Å². The molecule has 1 atom stereocenters. The van der Waals surface area contributed by atoms with Gasteiger partial charge >= 0.3 is 6.09 Å². The van der Waals surface area contributed by atoms with Gasteiger partial charge < -0.3 is 9.64 Å². The van der Waals surface area contributed by atoms with Crippen LogP contribution in [-0.2, 0) is 4.74 Å². The van der Waals surface area contributed by atoms with E-state index in [0.29, 0.717) is 24.7 Å². The van der Waals surface area contributed by atoms with Crippen LogP contribution in [0.4, 0.5) is 10.6 Å². The molecule has 1 aromatic carbocycles. The SMILES string of the molecule is O=C1OC[C@H]2CN(c3nncc4cc(Cl)ccc34)CCN12. The summed E-state index contributed by atoms with van der Waals surface area (Å²) in [6.45, 7) is 2.53.